The molecule has 152 valence electrons. The molecule has 1 saturated heterocycles. The number of urea groups is 1. The largest absolute Gasteiger partial charge is 0.573 e. The summed E-state index contributed by atoms with van der Waals surface area (Å²) in [4.78, 5) is 16.1. The lowest BCUT2D eigenvalue weighted by Crippen LogP contribution is -2.50. The molecule has 9 nitrogen and oxygen atoms in total. The van der Waals surface area contributed by atoms with Gasteiger partial charge >= 0.3 is 12.4 Å². The van der Waals surface area contributed by atoms with Crippen LogP contribution in [0.15, 0.2) is 42.7 Å². The monoisotopic (exact) mass is 407 g/mol. The number of fused-ring (bicyclic) bond motifs is 1. The minimum Gasteiger partial charge on any atom is -0.406 e. The number of hydrogen-bond acceptors (Lipinski definition) is 6. The van der Waals surface area contributed by atoms with Crippen LogP contribution < -0.4 is 15.0 Å². The van der Waals surface area contributed by atoms with Crippen LogP contribution in [0.5, 0.6) is 5.75 Å². The highest BCUT2D eigenvalue weighted by molar-refractivity contribution is 5.89. The first-order chi connectivity index (χ1) is 13.9. The minimum atomic E-state index is -4.75. The Morgan fingerprint density at radius 1 is 1.03 bits per heavy atom. The topological polar surface area (TPSA) is 87.9 Å². The van der Waals surface area contributed by atoms with Crippen LogP contribution in [0.4, 0.5) is 29.5 Å². The van der Waals surface area contributed by atoms with E-state index in [4.69, 9.17) is 0 Å². The Balaban J connectivity index is 1.31. The van der Waals surface area contributed by atoms with E-state index < -0.39 is 6.36 Å². The summed E-state index contributed by atoms with van der Waals surface area (Å²) in [6.45, 7) is 2.13. The Kier molecular flexibility index (Phi) is 4.82. The molecule has 12 heteroatoms. The standard InChI is InChI=1S/C17H16F3N7O2/c18-17(19,20)29-13-3-1-12(2-4-13)22-16(28)26-9-7-25(8-10-26)15-6-5-14-23-21-11-27(14)24-15/h1-6,11H,7-10H2,(H,22,28). The smallest absolute Gasteiger partial charge is 0.406 e. The van der Waals surface area contributed by atoms with Gasteiger partial charge in [-0.3, -0.25) is 0 Å². The highest BCUT2D eigenvalue weighted by atomic mass is 19.4. The van der Waals surface area contributed by atoms with E-state index in [1.54, 1.807) is 9.42 Å². The van der Waals surface area contributed by atoms with Gasteiger partial charge in [-0.05, 0) is 36.4 Å². The number of piperazine rings is 1. The molecular weight excluding hydrogens is 391 g/mol. The molecule has 1 aliphatic rings. The predicted octanol–water partition coefficient (Wildman–Crippen LogP) is 2.38. The average Bonchev–Trinajstić information content (AvgIpc) is 3.16. The number of halogens is 3. The molecule has 2 aromatic heterocycles. The first-order valence-corrected chi connectivity index (χ1v) is 8.71. The summed E-state index contributed by atoms with van der Waals surface area (Å²) in [5.74, 6) is 0.416. The third kappa shape index (κ3) is 4.47. The van der Waals surface area contributed by atoms with Crippen molar-refractivity contribution in [1.82, 2.24) is 24.7 Å². The van der Waals surface area contributed by atoms with Crippen LogP contribution in [0.2, 0.25) is 0 Å². The van der Waals surface area contributed by atoms with E-state index >= 15 is 0 Å². The summed E-state index contributed by atoms with van der Waals surface area (Å²) in [6.07, 6.45) is -3.23. The number of amides is 2. The Bertz CT molecular complexity index is 998. The Labute approximate surface area is 162 Å². The zero-order valence-electron chi connectivity index (χ0n) is 15.0. The van der Waals surface area contributed by atoms with Crippen molar-refractivity contribution < 1.29 is 22.7 Å². The molecule has 3 aromatic rings. The number of carbonyl (C=O) groups is 1. The van der Waals surface area contributed by atoms with Crippen molar-refractivity contribution in [1.29, 1.82) is 0 Å². The molecule has 29 heavy (non-hydrogen) atoms. The first-order valence-electron chi connectivity index (χ1n) is 8.71. The molecule has 3 heterocycles. The SMILES string of the molecule is O=C(Nc1ccc(OC(F)(F)F)cc1)N1CCN(c2ccc3nncn3n2)CC1. The van der Waals surface area contributed by atoms with Gasteiger partial charge in [0.2, 0.25) is 0 Å². The number of nitrogens with zero attached hydrogens (tertiary/aromatic N) is 6. The van der Waals surface area contributed by atoms with Gasteiger partial charge in [0.25, 0.3) is 0 Å². The van der Waals surface area contributed by atoms with Gasteiger partial charge < -0.3 is 19.9 Å². The Morgan fingerprint density at radius 3 is 2.45 bits per heavy atom. The second-order valence-electron chi connectivity index (χ2n) is 6.30. The van der Waals surface area contributed by atoms with Crippen LogP contribution in [0.3, 0.4) is 0 Å². The summed E-state index contributed by atoms with van der Waals surface area (Å²) in [6, 6.07) is 8.35. The molecule has 0 radical (unpaired) electrons. The second kappa shape index (κ2) is 7.45. The summed E-state index contributed by atoms with van der Waals surface area (Å²) in [5.41, 5.74) is 1.03. The molecule has 1 N–H and O–H groups in total. The lowest BCUT2D eigenvalue weighted by Gasteiger charge is -2.35. The van der Waals surface area contributed by atoms with Crippen LogP contribution in [0, 0.1) is 0 Å². The summed E-state index contributed by atoms with van der Waals surface area (Å²) >= 11 is 0. The van der Waals surface area contributed by atoms with Crippen molar-refractivity contribution in [3.8, 4) is 5.75 Å². The number of alkyl halides is 3. The molecule has 1 aromatic carbocycles. The van der Waals surface area contributed by atoms with E-state index in [-0.39, 0.29) is 11.8 Å². The number of benzene rings is 1. The zero-order valence-corrected chi connectivity index (χ0v) is 15.0. The molecule has 0 saturated carbocycles. The van der Waals surface area contributed by atoms with E-state index in [0.29, 0.717) is 37.5 Å². The fraction of sp³-hybridized carbons (Fsp3) is 0.294. The van der Waals surface area contributed by atoms with Gasteiger partial charge in [-0.15, -0.1) is 28.5 Å². The molecule has 0 aliphatic carbocycles. The second-order valence-corrected chi connectivity index (χ2v) is 6.30. The predicted molar refractivity (Wildman–Crippen MR) is 96.7 cm³/mol. The van der Waals surface area contributed by atoms with Gasteiger partial charge in [0.15, 0.2) is 5.65 Å². The molecule has 0 spiro atoms. The van der Waals surface area contributed by atoms with E-state index in [9.17, 15) is 18.0 Å². The number of nitrogens with one attached hydrogen (secondary N) is 1. The molecule has 0 unspecified atom stereocenters. The van der Waals surface area contributed by atoms with E-state index in [1.165, 1.54) is 18.5 Å². The highest BCUT2D eigenvalue weighted by Gasteiger charge is 2.31. The number of aromatic nitrogens is 4. The quantitative estimate of drug-likeness (QED) is 0.717. The van der Waals surface area contributed by atoms with Crippen molar-refractivity contribution >= 4 is 23.2 Å². The van der Waals surface area contributed by atoms with Gasteiger partial charge in [0, 0.05) is 31.9 Å². The summed E-state index contributed by atoms with van der Waals surface area (Å²) < 4.78 is 42.0. The lowest BCUT2D eigenvalue weighted by molar-refractivity contribution is -0.274. The number of anilines is 2. The highest BCUT2D eigenvalue weighted by Crippen LogP contribution is 2.24. The molecule has 2 amide bonds. The normalized spacial score (nSPS) is 14.9. The summed E-state index contributed by atoms with van der Waals surface area (Å²) in [7, 11) is 0. The average molecular weight is 407 g/mol. The maximum atomic E-state index is 12.4. The van der Waals surface area contributed by atoms with Crippen LogP contribution in [0.1, 0.15) is 0 Å². The maximum absolute atomic E-state index is 12.4. The van der Waals surface area contributed by atoms with Crippen LogP contribution in [-0.2, 0) is 0 Å². The van der Waals surface area contributed by atoms with Crippen molar-refractivity contribution in [2.75, 3.05) is 36.4 Å². The lowest BCUT2D eigenvalue weighted by atomic mass is 10.3. The minimum absolute atomic E-state index is 0.323. The Hall–Kier alpha value is -3.57. The maximum Gasteiger partial charge on any atom is 0.573 e. The van der Waals surface area contributed by atoms with Gasteiger partial charge in [0.1, 0.15) is 17.9 Å². The fourth-order valence-corrected chi connectivity index (χ4v) is 2.97. The van der Waals surface area contributed by atoms with Gasteiger partial charge in [0.05, 0.1) is 0 Å². The van der Waals surface area contributed by atoms with Crippen LogP contribution in [-0.4, -0.2) is 63.3 Å². The fourth-order valence-electron chi connectivity index (χ4n) is 2.97. The van der Waals surface area contributed by atoms with Gasteiger partial charge in [-0.2, -0.15) is 4.52 Å². The number of hydrogen-bond donors (Lipinski definition) is 1. The van der Waals surface area contributed by atoms with E-state index in [2.05, 4.69) is 25.3 Å². The molecule has 4 rings (SSSR count). The summed E-state index contributed by atoms with van der Waals surface area (Å²) in [5, 5.41) is 14.8. The Morgan fingerprint density at radius 2 is 1.76 bits per heavy atom. The molecule has 0 bridgehead atoms. The van der Waals surface area contributed by atoms with Gasteiger partial charge in [-0.1, -0.05) is 0 Å². The molecule has 1 aliphatic heterocycles. The van der Waals surface area contributed by atoms with Crippen molar-refractivity contribution in [3.05, 3.63) is 42.7 Å². The molecule has 0 atom stereocenters. The van der Waals surface area contributed by atoms with Crippen molar-refractivity contribution in [3.63, 3.8) is 0 Å². The number of rotatable bonds is 3. The van der Waals surface area contributed by atoms with E-state index in [1.807, 2.05) is 17.0 Å². The first kappa shape index (κ1) is 18.8. The van der Waals surface area contributed by atoms with E-state index in [0.717, 1.165) is 18.0 Å². The van der Waals surface area contributed by atoms with Crippen LogP contribution in [0.25, 0.3) is 5.65 Å². The van der Waals surface area contributed by atoms with Crippen molar-refractivity contribution in [2.24, 2.45) is 0 Å². The van der Waals surface area contributed by atoms with Crippen LogP contribution >= 0.6 is 0 Å². The zero-order chi connectivity index (χ0) is 20.4. The number of ether oxygens (including phenoxy) is 1. The molecule has 1 fully saturated rings. The number of carbonyl (C=O) groups excluding carboxylic acids is 1. The van der Waals surface area contributed by atoms with Gasteiger partial charge in [-0.25, -0.2) is 4.79 Å². The molecular formula is C17H16F3N7O2. The third-order valence-electron chi connectivity index (χ3n) is 4.38. The van der Waals surface area contributed by atoms with Crippen molar-refractivity contribution in [2.45, 2.75) is 6.36 Å². The third-order valence-corrected chi connectivity index (χ3v) is 4.38.